The normalized spacial score (nSPS) is 11.2. The summed E-state index contributed by atoms with van der Waals surface area (Å²) in [5.41, 5.74) is -1.04. The van der Waals surface area contributed by atoms with Crippen molar-refractivity contribution < 1.29 is 22.1 Å². The van der Waals surface area contributed by atoms with Gasteiger partial charge >= 0.3 is 0 Å². The van der Waals surface area contributed by atoms with E-state index in [0.29, 0.717) is 10.4 Å². The van der Waals surface area contributed by atoms with E-state index in [1.807, 2.05) is 0 Å². The molecule has 0 atom stereocenters. The van der Waals surface area contributed by atoms with Crippen molar-refractivity contribution in [2.24, 2.45) is 0 Å². The first-order valence-corrected chi connectivity index (χ1v) is 7.36. The van der Waals surface area contributed by atoms with Gasteiger partial charge in [-0.3, -0.25) is 14.4 Å². The summed E-state index contributed by atoms with van der Waals surface area (Å²) in [4.78, 5) is 9.51. The van der Waals surface area contributed by atoms with E-state index in [9.17, 15) is 27.3 Å². The van der Waals surface area contributed by atoms with E-state index in [1.54, 1.807) is 0 Å². The Bertz CT molecular complexity index is 840. The topological polar surface area (TPSA) is 80.5 Å². The molecule has 116 valence electrons. The first-order valence-electron chi connectivity index (χ1n) is 5.92. The Balaban J connectivity index is 2.58. The predicted octanol–water partition coefficient (Wildman–Crippen LogP) is 2.70. The van der Waals surface area contributed by atoms with Crippen LogP contribution >= 0.6 is 0 Å². The highest BCUT2D eigenvalue weighted by Gasteiger charge is 2.30. The largest absolute Gasteiger partial charge is 0.289 e. The van der Waals surface area contributed by atoms with Crippen LogP contribution in [0.4, 0.5) is 20.2 Å². The molecular formula is C13H10F2N2O4S. The molecule has 0 unspecified atom stereocenters. The third kappa shape index (κ3) is 2.75. The molecule has 2 aromatic carbocycles. The predicted molar refractivity (Wildman–Crippen MR) is 75.0 cm³/mol. The molecule has 0 amide bonds. The molecule has 9 heteroatoms. The summed E-state index contributed by atoms with van der Waals surface area (Å²) >= 11 is 0. The Hall–Kier alpha value is -2.55. The number of nitro groups is 1. The molecule has 0 saturated carbocycles. The Morgan fingerprint density at radius 1 is 1.14 bits per heavy atom. The quantitative estimate of drug-likeness (QED) is 0.638. The molecule has 0 saturated heterocycles. The molecule has 0 heterocycles. The van der Waals surface area contributed by atoms with Crippen molar-refractivity contribution in [2.75, 3.05) is 11.4 Å². The minimum absolute atomic E-state index is 0.417. The number of benzene rings is 2. The maximum atomic E-state index is 13.7. The fourth-order valence-electron chi connectivity index (χ4n) is 1.84. The summed E-state index contributed by atoms with van der Waals surface area (Å²) in [6.07, 6.45) is 0. The number of nitro benzene ring substituents is 1. The number of hydrogen-bond acceptors (Lipinski definition) is 4. The smallest absolute Gasteiger partial charge is 0.266 e. The van der Waals surface area contributed by atoms with E-state index in [4.69, 9.17) is 0 Å². The summed E-state index contributed by atoms with van der Waals surface area (Å²) in [6, 6.07) is 7.07. The molecular weight excluding hydrogens is 318 g/mol. The van der Waals surface area contributed by atoms with Crippen molar-refractivity contribution in [1.82, 2.24) is 0 Å². The molecule has 2 aromatic rings. The molecule has 22 heavy (non-hydrogen) atoms. The number of nitrogens with zero attached hydrogens (tertiary/aromatic N) is 2. The van der Waals surface area contributed by atoms with Gasteiger partial charge in [-0.2, -0.15) is 0 Å². The van der Waals surface area contributed by atoms with Crippen LogP contribution in [0.25, 0.3) is 0 Å². The minimum Gasteiger partial charge on any atom is -0.266 e. The van der Waals surface area contributed by atoms with Crippen LogP contribution < -0.4 is 4.31 Å². The fourth-order valence-corrected chi connectivity index (χ4v) is 3.20. The van der Waals surface area contributed by atoms with Gasteiger partial charge in [0.25, 0.3) is 15.7 Å². The lowest BCUT2D eigenvalue weighted by Gasteiger charge is -2.19. The second-order valence-electron chi connectivity index (χ2n) is 4.29. The molecule has 0 fully saturated rings. The van der Waals surface area contributed by atoms with E-state index in [-0.39, 0.29) is 0 Å². The number of para-hydroxylation sites is 1. The molecule has 0 aromatic heterocycles. The number of anilines is 1. The molecule has 0 spiro atoms. The Kier molecular flexibility index (Phi) is 4.09. The second-order valence-corrected chi connectivity index (χ2v) is 6.23. The van der Waals surface area contributed by atoms with Crippen molar-refractivity contribution in [3.8, 4) is 0 Å². The van der Waals surface area contributed by atoms with Gasteiger partial charge in [0.05, 0.1) is 10.6 Å². The summed E-state index contributed by atoms with van der Waals surface area (Å²) in [5.74, 6) is -1.96. The van der Waals surface area contributed by atoms with E-state index in [2.05, 4.69) is 0 Å². The van der Waals surface area contributed by atoms with Gasteiger partial charge < -0.3 is 0 Å². The molecule has 0 radical (unpaired) electrons. The molecule has 0 aliphatic rings. The van der Waals surface area contributed by atoms with E-state index >= 15 is 0 Å². The molecule has 0 bridgehead atoms. The zero-order valence-corrected chi connectivity index (χ0v) is 12.0. The monoisotopic (exact) mass is 328 g/mol. The van der Waals surface area contributed by atoms with Crippen molar-refractivity contribution in [3.05, 3.63) is 64.2 Å². The lowest BCUT2D eigenvalue weighted by molar-refractivity contribution is -0.387. The average molecular weight is 328 g/mol. The molecule has 0 N–H and O–H groups in total. The first-order chi connectivity index (χ1) is 10.2. The highest BCUT2D eigenvalue weighted by molar-refractivity contribution is 7.93. The number of halogens is 2. The maximum Gasteiger partial charge on any atom is 0.289 e. The molecule has 2 rings (SSSR count). The zero-order chi connectivity index (χ0) is 16.5. The van der Waals surface area contributed by atoms with Gasteiger partial charge in [-0.15, -0.1) is 0 Å². The Morgan fingerprint density at radius 3 is 2.36 bits per heavy atom. The van der Waals surface area contributed by atoms with Gasteiger partial charge in [0.2, 0.25) is 0 Å². The highest BCUT2D eigenvalue weighted by Crippen LogP contribution is 2.30. The van der Waals surface area contributed by atoms with Crippen LogP contribution in [0.15, 0.2) is 47.4 Å². The highest BCUT2D eigenvalue weighted by atomic mass is 32.2. The van der Waals surface area contributed by atoms with Gasteiger partial charge in [0.15, 0.2) is 4.90 Å². The minimum atomic E-state index is -4.37. The van der Waals surface area contributed by atoms with Crippen molar-refractivity contribution in [2.45, 2.75) is 4.90 Å². The Labute approximate surface area is 124 Å². The molecule has 6 nitrogen and oxygen atoms in total. The van der Waals surface area contributed by atoms with Crippen LogP contribution in [0.2, 0.25) is 0 Å². The van der Waals surface area contributed by atoms with Crippen LogP contribution in [-0.2, 0) is 10.0 Å². The van der Waals surface area contributed by atoms with Gasteiger partial charge in [-0.05, 0) is 18.2 Å². The first kappa shape index (κ1) is 15.8. The third-order valence-corrected chi connectivity index (χ3v) is 4.77. The third-order valence-electron chi connectivity index (χ3n) is 2.95. The van der Waals surface area contributed by atoms with Crippen LogP contribution in [0.1, 0.15) is 0 Å². The lowest BCUT2D eigenvalue weighted by Crippen LogP contribution is -2.28. The fraction of sp³-hybridized carbons (Fsp3) is 0.0769. The van der Waals surface area contributed by atoms with Crippen LogP contribution in [0.5, 0.6) is 0 Å². The summed E-state index contributed by atoms with van der Waals surface area (Å²) in [6.45, 7) is 0. The van der Waals surface area contributed by atoms with E-state index in [0.717, 1.165) is 31.3 Å². The lowest BCUT2D eigenvalue weighted by atomic mass is 10.3. The summed E-state index contributed by atoms with van der Waals surface area (Å²) in [7, 11) is -3.34. The number of rotatable bonds is 4. The second kappa shape index (κ2) is 5.68. The maximum absolute atomic E-state index is 13.7. The summed E-state index contributed by atoms with van der Waals surface area (Å²) in [5, 5.41) is 10.9. The SMILES string of the molecule is CN(c1ccc(F)cc1F)S(=O)(=O)c1ccccc1[N+](=O)[O-]. The average Bonchev–Trinajstić information content (AvgIpc) is 2.46. The number of sulfonamides is 1. The van der Waals surface area contributed by atoms with Crippen molar-refractivity contribution in [1.29, 1.82) is 0 Å². The van der Waals surface area contributed by atoms with Crippen molar-refractivity contribution >= 4 is 21.4 Å². The van der Waals surface area contributed by atoms with Crippen LogP contribution in [0.3, 0.4) is 0 Å². The van der Waals surface area contributed by atoms with Crippen LogP contribution in [0, 0.1) is 21.7 Å². The van der Waals surface area contributed by atoms with Gasteiger partial charge in [-0.25, -0.2) is 17.2 Å². The Morgan fingerprint density at radius 2 is 1.77 bits per heavy atom. The molecule has 0 aliphatic heterocycles. The summed E-state index contributed by atoms with van der Waals surface area (Å²) < 4.78 is 52.1. The van der Waals surface area contributed by atoms with E-state index < -0.39 is 42.9 Å². The van der Waals surface area contributed by atoms with Crippen molar-refractivity contribution in [3.63, 3.8) is 0 Å². The van der Waals surface area contributed by atoms with E-state index in [1.165, 1.54) is 12.1 Å². The standard InChI is InChI=1S/C13H10F2N2O4S/c1-16(11-7-6-9(14)8-10(11)15)22(20,21)13-5-3-2-4-12(13)17(18)19/h2-8H,1H3. The van der Waals surface area contributed by atoms with Crippen LogP contribution in [-0.4, -0.2) is 20.4 Å². The van der Waals surface area contributed by atoms with Gasteiger partial charge in [0, 0.05) is 19.2 Å². The van der Waals surface area contributed by atoms with Gasteiger partial charge in [-0.1, -0.05) is 12.1 Å². The molecule has 0 aliphatic carbocycles. The zero-order valence-electron chi connectivity index (χ0n) is 11.2. The number of hydrogen-bond donors (Lipinski definition) is 0. The van der Waals surface area contributed by atoms with Gasteiger partial charge in [0.1, 0.15) is 11.6 Å².